The summed E-state index contributed by atoms with van der Waals surface area (Å²) in [6.45, 7) is 0. The van der Waals surface area contributed by atoms with E-state index in [0.29, 0.717) is 0 Å². The SMILES string of the molecule is c1ccc(N(c2cccc(-c3ccc4sc5ccccc5c4c3)c2)c2cccc(N(c3cccc(N(c4ccc5c(c4)sc4ccccc45)c4ccc5c(c4)sc4ccccc45)c3)c3ccc4sc5ccccc5c4c3)c2)cc1. The first kappa shape index (κ1) is 46.1. The van der Waals surface area contributed by atoms with Crippen LogP contribution in [0.5, 0.6) is 0 Å². The average molecular weight is 1080 g/mol. The molecule has 0 unspecified atom stereocenters. The normalized spacial score (nSPS) is 11.8. The summed E-state index contributed by atoms with van der Waals surface area (Å²) < 4.78 is 10.3. The fourth-order valence-corrected chi connectivity index (χ4v) is 16.2. The van der Waals surface area contributed by atoms with E-state index in [-0.39, 0.29) is 0 Å². The second kappa shape index (κ2) is 18.8. The van der Waals surface area contributed by atoms with Crippen molar-refractivity contribution in [2.75, 3.05) is 14.7 Å². The molecule has 4 heterocycles. The van der Waals surface area contributed by atoms with E-state index in [2.05, 4.69) is 288 Å². The van der Waals surface area contributed by atoms with Crippen molar-refractivity contribution in [2.24, 2.45) is 0 Å². The van der Waals surface area contributed by atoms with Crippen LogP contribution in [-0.2, 0) is 0 Å². The van der Waals surface area contributed by atoms with Gasteiger partial charge in [0, 0.05) is 132 Å². The minimum Gasteiger partial charge on any atom is -0.310 e. The van der Waals surface area contributed by atoms with Crippen molar-refractivity contribution >= 4 is 177 Å². The summed E-state index contributed by atoms with van der Waals surface area (Å²) in [5.41, 5.74) is 12.1. The van der Waals surface area contributed by atoms with Gasteiger partial charge in [-0.1, -0.05) is 133 Å². The first-order valence-electron chi connectivity index (χ1n) is 26.5. The summed E-state index contributed by atoms with van der Waals surface area (Å²) in [5, 5.41) is 10.3. The molecule has 0 spiro atoms. The van der Waals surface area contributed by atoms with Crippen LogP contribution in [0, 0.1) is 0 Å². The van der Waals surface area contributed by atoms with Crippen molar-refractivity contribution in [1.82, 2.24) is 0 Å². The van der Waals surface area contributed by atoms with Crippen molar-refractivity contribution in [3.05, 3.63) is 273 Å². The number of benzene rings is 12. The van der Waals surface area contributed by atoms with E-state index < -0.39 is 0 Å². The molecule has 0 aliphatic heterocycles. The van der Waals surface area contributed by atoms with Gasteiger partial charge < -0.3 is 14.7 Å². The topological polar surface area (TPSA) is 9.72 Å². The molecule has 0 bridgehead atoms. The van der Waals surface area contributed by atoms with Crippen LogP contribution in [0.15, 0.2) is 273 Å². The van der Waals surface area contributed by atoms with Gasteiger partial charge in [-0.3, -0.25) is 0 Å². The van der Waals surface area contributed by atoms with Gasteiger partial charge in [0.05, 0.1) is 0 Å². The van der Waals surface area contributed by atoms with Gasteiger partial charge in [-0.05, 0) is 151 Å². The number of thiophene rings is 4. The second-order valence-corrected chi connectivity index (χ2v) is 24.4. The molecule has 372 valence electrons. The Labute approximate surface area is 472 Å². The molecule has 4 aromatic heterocycles. The molecule has 0 radical (unpaired) electrons. The Morgan fingerprint density at radius 2 is 0.481 bits per heavy atom. The van der Waals surface area contributed by atoms with Crippen LogP contribution in [-0.4, -0.2) is 0 Å². The van der Waals surface area contributed by atoms with E-state index in [1.54, 1.807) is 0 Å². The fraction of sp³-hybridized carbons (Fsp3) is 0. The maximum atomic E-state index is 2.45. The number of hydrogen-bond donors (Lipinski definition) is 0. The third kappa shape index (κ3) is 7.96. The van der Waals surface area contributed by atoms with Crippen molar-refractivity contribution in [3.8, 4) is 11.1 Å². The van der Waals surface area contributed by atoms with Gasteiger partial charge in [-0.15, -0.1) is 45.3 Å². The van der Waals surface area contributed by atoms with Crippen LogP contribution in [0.1, 0.15) is 0 Å². The predicted octanol–water partition coefficient (Wildman–Crippen LogP) is 23.2. The molecular weight excluding hydrogens is 1040 g/mol. The first-order valence-corrected chi connectivity index (χ1v) is 29.8. The lowest BCUT2D eigenvalue weighted by Crippen LogP contribution is -2.14. The maximum Gasteiger partial charge on any atom is 0.0482 e. The third-order valence-electron chi connectivity index (χ3n) is 15.4. The molecule has 12 aromatic carbocycles. The zero-order valence-electron chi connectivity index (χ0n) is 42.5. The molecule has 0 N–H and O–H groups in total. The number of hydrogen-bond acceptors (Lipinski definition) is 7. The van der Waals surface area contributed by atoms with E-state index in [0.717, 1.165) is 51.2 Å². The Hall–Kier alpha value is -9.08. The Bertz CT molecular complexity index is 4910. The molecule has 79 heavy (non-hydrogen) atoms. The second-order valence-electron chi connectivity index (χ2n) is 20.1. The quantitative estimate of drug-likeness (QED) is 0.135. The largest absolute Gasteiger partial charge is 0.310 e. The van der Waals surface area contributed by atoms with Crippen molar-refractivity contribution in [3.63, 3.8) is 0 Å². The van der Waals surface area contributed by atoms with Crippen LogP contribution in [0.25, 0.3) is 91.8 Å². The van der Waals surface area contributed by atoms with E-state index in [1.807, 2.05) is 45.3 Å². The van der Waals surface area contributed by atoms with Gasteiger partial charge in [-0.2, -0.15) is 0 Å². The first-order chi connectivity index (χ1) is 39.1. The molecule has 0 aliphatic carbocycles. The molecular formula is C72H45N3S4. The monoisotopic (exact) mass is 1080 g/mol. The highest BCUT2D eigenvalue weighted by atomic mass is 32.1. The van der Waals surface area contributed by atoms with Gasteiger partial charge in [0.2, 0.25) is 0 Å². The summed E-state index contributed by atoms with van der Waals surface area (Å²) in [5.74, 6) is 0. The Morgan fingerprint density at radius 3 is 1.00 bits per heavy atom. The van der Waals surface area contributed by atoms with Gasteiger partial charge >= 0.3 is 0 Å². The lowest BCUT2D eigenvalue weighted by molar-refractivity contribution is 1.24. The average Bonchev–Trinajstić information content (AvgIpc) is 4.43. The number of nitrogens with zero attached hydrogens (tertiary/aromatic N) is 3. The van der Waals surface area contributed by atoms with Gasteiger partial charge in [-0.25, -0.2) is 0 Å². The van der Waals surface area contributed by atoms with Gasteiger partial charge in [0.15, 0.2) is 0 Å². The van der Waals surface area contributed by atoms with Crippen LogP contribution in [0.2, 0.25) is 0 Å². The molecule has 16 aromatic rings. The summed E-state index contributed by atoms with van der Waals surface area (Å²) >= 11 is 7.43. The summed E-state index contributed by atoms with van der Waals surface area (Å²) in [7, 11) is 0. The van der Waals surface area contributed by atoms with E-state index >= 15 is 0 Å². The van der Waals surface area contributed by atoms with Crippen LogP contribution < -0.4 is 14.7 Å². The van der Waals surface area contributed by atoms with Crippen LogP contribution >= 0.6 is 45.3 Å². The van der Waals surface area contributed by atoms with Crippen molar-refractivity contribution in [2.45, 2.75) is 0 Å². The van der Waals surface area contributed by atoms with Gasteiger partial charge in [0.1, 0.15) is 0 Å². The van der Waals surface area contributed by atoms with Gasteiger partial charge in [0.25, 0.3) is 0 Å². The Balaban J connectivity index is 0.867. The van der Waals surface area contributed by atoms with Crippen molar-refractivity contribution < 1.29 is 0 Å². The zero-order chi connectivity index (χ0) is 52.0. The zero-order valence-corrected chi connectivity index (χ0v) is 45.7. The molecule has 0 aliphatic rings. The van der Waals surface area contributed by atoms with Crippen LogP contribution in [0.4, 0.5) is 51.2 Å². The highest BCUT2D eigenvalue weighted by molar-refractivity contribution is 7.27. The number of para-hydroxylation sites is 1. The standard InChI is InChI=1S/C72H45N3S4/c1-2-16-48(17-3-1)73(49-18-12-15-46(39-49)47-31-37-69-63(40-47)59-25-6-10-29-67(59)76-69)50-19-13-20-51(41-50)74(54-34-38-70-64(43-54)60-26-7-11-30-68(60)77-70)52-21-14-22-53(42-52)75(55-32-35-61-57-23-4-8-27-65(57)78-71(61)44-55)56-33-36-62-58-24-5-9-28-66(58)79-72(62)45-56/h1-45H. The molecule has 0 saturated heterocycles. The molecule has 16 rings (SSSR count). The molecule has 0 amide bonds. The molecule has 0 atom stereocenters. The minimum atomic E-state index is 1.05. The maximum absolute atomic E-state index is 2.45. The summed E-state index contributed by atoms with van der Waals surface area (Å²) in [6.07, 6.45) is 0. The fourth-order valence-electron chi connectivity index (χ4n) is 11.8. The summed E-state index contributed by atoms with van der Waals surface area (Å²) in [4.78, 5) is 7.29. The predicted molar refractivity (Wildman–Crippen MR) is 347 cm³/mol. The van der Waals surface area contributed by atoms with E-state index in [9.17, 15) is 0 Å². The van der Waals surface area contributed by atoms with E-state index in [4.69, 9.17) is 0 Å². The van der Waals surface area contributed by atoms with E-state index in [1.165, 1.54) is 91.8 Å². The number of rotatable bonds is 10. The van der Waals surface area contributed by atoms with Crippen LogP contribution in [0.3, 0.4) is 0 Å². The number of anilines is 9. The molecule has 0 saturated carbocycles. The van der Waals surface area contributed by atoms with Crippen molar-refractivity contribution in [1.29, 1.82) is 0 Å². The molecule has 3 nitrogen and oxygen atoms in total. The Kier molecular flexibility index (Phi) is 11.0. The summed E-state index contributed by atoms with van der Waals surface area (Å²) in [6, 6.07) is 101. The highest BCUT2D eigenvalue weighted by Crippen LogP contribution is 2.48. The highest BCUT2D eigenvalue weighted by Gasteiger charge is 2.23. The molecule has 0 fully saturated rings. The lowest BCUT2D eigenvalue weighted by atomic mass is 10.0. The number of fused-ring (bicyclic) bond motifs is 12. The smallest absolute Gasteiger partial charge is 0.0482 e. The Morgan fingerprint density at radius 1 is 0.165 bits per heavy atom. The molecule has 7 heteroatoms. The lowest BCUT2D eigenvalue weighted by Gasteiger charge is -2.31. The third-order valence-corrected chi connectivity index (χ3v) is 20.0. The minimum absolute atomic E-state index is 1.05.